The van der Waals surface area contributed by atoms with E-state index in [0.29, 0.717) is 6.54 Å². The number of ether oxygens (including phenoxy) is 3. The highest BCUT2D eigenvalue weighted by Gasteiger charge is 2.55. The van der Waals surface area contributed by atoms with Gasteiger partial charge in [0.15, 0.2) is 0 Å². The van der Waals surface area contributed by atoms with Crippen LogP contribution in [0.25, 0.3) is 4.85 Å². The lowest BCUT2D eigenvalue weighted by atomic mass is 9.82. The highest BCUT2D eigenvalue weighted by Crippen LogP contribution is 2.47. The zero-order valence-corrected chi connectivity index (χ0v) is 11.6. The molecular formula is C15H19NO4. The predicted octanol–water partition coefficient (Wildman–Crippen LogP) is 1.87. The predicted molar refractivity (Wildman–Crippen MR) is 70.9 cm³/mol. The first-order valence-electron chi connectivity index (χ1n) is 7.16. The van der Waals surface area contributed by atoms with Gasteiger partial charge >= 0.3 is 5.97 Å². The summed E-state index contributed by atoms with van der Waals surface area (Å²) in [5.74, 6) is -0.287. The number of rotatable bonds is 3. The van der Waals surface area contributed by atoms with Crippen LogP contribution < -0.4 is 0 Å². The van der Waals surface area contributed by atoms with Gasteiger partial charge in [-0.25, -0.2) is 6.57 Å². The van der Waals surface area contributed by atoms with Crippen LogP contribution >= 0.6 is 0 Å². The topological polar surface area (TPSA) is 49.1 Å². The summed E-state index contributed by atoms with van der Waals surface area (Å²) in [5.41, 5.74) is -0.369. The summed E-state index contributed by atoms with van der Waals surface area (Å²) in [6.45, 7) is 8.80. The lowest BCUT2D eigenvalue weighted by Crippen LogP contribution is -2.48. The van der Waals surface area contributed by atoms with Crippen molar-refractivity contribution in [2.45, 2.75) is 62.6 Å². The van der Waals surface area contributed by atoms with Gasteiger partial charge in [-0.1, -0.05) is 6.08 Å². The third-order valence-corrected chi connectivity index (χ3v) is 4.34. The van der Waals surface area contributed by atoms with Crippen LogP contribution in [0, 0.1) is 6.57 Å². The zero-order valence-electron chi connectivity index (χ0n) is 11.6. The van der Waals surface area contributed by atoms with Crippen LogP contribution in [-0.4, -0.2) is 42.5 Å². The van der Waals surface area contributed by atoms with Crippen LogP contribution in [0.2, 0.25) is 0 Å². The van der Waals surface area contributed by atoms with Crippen molar-refractivity contribution < 1.29 is 19.0 Å². The highest BCUT2D eigenvalue weighted by molar-refractivity contribution is 5.66. The Morgan fingerprint density at radius 1 is 1.55 bits per heavy atom. The quantitative estimate of drug-likeness (QED) is 0.449. The molecule has 0 aromatic carbocycles. The van der Waals surface area contributed by atoms with Gasteiger partial charge in [-0.3, -0.25) is 4.79 Å². The van der Waals surface area contributed by atoms with Crippen LogP contribution in [0.1, 0.15) is 32.6 Å². The van der Waals surface area contributed by atoms with Crippen molar-refractivity contribution in [2.24, 2.45) is 0 Å². The fraction of sp³-hybridized carbons (Fsp3) is 0.733. The van der Waals surface area contributed by atoms with Gasteiger partial charge in [0.05, 0.1) is 12.2 Å². The number of carbonyl (C=O) groups excluding carboxylic acids is 1. The molecule has 2 heterocycles. The van der Waals surface area contributed by atoms with Crippen LogP contribution in [-0.2, 0) is 19.0 Å². The first-order chi connectivity index (χ1) is 9.63. The van der Waals surface area contributed by atoms with Gasteiger partial charge < -0.3 is 19.1 Å². The van der Waals surface area contributed by atoms with E-state index in [4.69, 9.17) is 20.8 Å². The van der Waals surface area contributed by atoms with Crippen molar-refractivity contribution in [3.05, 3.63) is 23.6 Å². The molecule has 0 aromatic heterocycles. The summed E-state index contributed by atoms with van der Waals surface area (Å²) in [4.78, 5) is 14.5. The van der Waals surface area contributed by atoms with Crippen molar-refractivity contribution in [3.8, 4) is 0 Å². The molecule has 2 saturated heterocycles. The summed E-state index contributed by atoms with van der Waals surface area (Å²) in [6, 6.07) is 0. The van der Waals surface area contributed by atoms with E-state index in [0.717, 1.165) is 25.7 Å². The summed E-state index contributed by atoms with van der Waals surface area (Å²) in [6.07, 6.45) is 7.08. The Hall–Kier alpha value is -1.38. The SMILES string of the molecule is [C-]#[N+]CC[C@H]1CC[C@@H]2O[C@H]3C[C@]2(C=C[C@H]3OC(C)=O)O1. The van der Waals surface area contributed by atoms with Gasteiger partial charge in [0.2, 0.25) is 6.54 Å². The second-order valence-electron chi connectivity index (χ2n) is 5.74. The molecule has 2 fully saturated rings. The minimum atomic E-state index is -0.369. The molecule has 0 N–H and O–H groups in total. The molecule has 5 heteroatoms. The van der Waals surface area contributed by atoms with Crippen LogP contribution in [0.15, 0.2) is 12.2 Å². The smallest absolute Gasteiger partial charge is 0.303 e. The summed E-state index contributed by atoms with van der Waals surface area (Å²) < 4.78 is 17.5. The lowest BCUT2D eigenvalue weighted by Gasteiger charge is -2.40. The molecule has 2 aliphatic heterocycles. The van der Waals surface area contributed by atoms with E-state index in [1.54, 1.807) is 0 Å². The molecule has 3 rings (SSSR count). The number of carbonyl (C=O) groups is 1. The Bertz CT molecular complexity index is 469. The van der Waals surface area contributed by atoms with Gasteiger partial charge in [0.1, 0.15) is 17.8 Å². The Labute approximate surface area is 118 Å². The minimum Gasteiger partial charge on any atom is -0.456 e. The molecule has 108 valence electrons. The molecule has 0 amide bonds. The van der Waals surface area contributed by atoms with Crippen molar-refractivity contribution in [2.75, 3.05) is 6.54 Å². The van der Waals surface area contributed by atoms with Gasteiger partial charge in [-0.2, -0.15) is 0 Å². The van der Waals surface area contributed by atoms with Gasteiger partial charge in [0, 0.05) is 19.8 Å². The average Bonchev–Trinajstić information content (AvgIpc) is 2.72. The maximum absolute atomic E-state index is 11.1. The van der Waals surface area contributed by atoms with Crippen LogP contribution in [0.5, 0.6) is 0 Å². The molecule has 3 aliphatic rings. The Kier molecular flexibility index (Phi) is 3.53. The molecular weight excluding hydrogens is 258 g/mol. The monoisotopic (exact) mass is 277 g/mol. The number of esters is 1. The standard InChI is InChI=1S/C15H19NO4/c1-10(17)18-12-5-7-15-9-13(12)19-14(15)4-3-11(20-15)6-8-16-2/h5,7,11-14H,3-4,6,8-9H2,1H3/t11-,12-,13+,14+,15+/m1/s1. The fourth-order valence-electron chi connectivity index (χ4n) is 3.47. The van der Waals surface area contributed by atoms with E-state index in [2.05, 4.69) is 4.85 Å². The van der Waals surface area contributed by atoms with Crippen molar-refractivity contribution in [1.82, 2.24) is 0 Å². The van der Waals surface area contributed by atoms with E-state index in [9.17, 15) is 4.79 Å². The summed E-state index contributed by atoms with van der Waals surface area (Å²) in [7, 11) is 0. The van der Waals surface area contributed by atoms with E-state index in [1.165, 1.54) is 6.92 Å². The van der Waals surface area contributed by atoms with Gasteiger partial charge in [0.25, 0.3) is 0 Å². The molecule has 20 heavy (non-hydrogen) atoms. The first kappa shape index (κ1) is 13.6. The minimum absolute atomic E-state index is 0.0495. The fourth-order valence-corrected chi connectivity index (χ4v) is 3.47. The van der Waals surface area contributed by atoms with Gasteiger partial charge in [-0.05, 0) is 18.9 Å². The number of hydrogen-bond donors (Lipinski definition) is 0. The second kappa shape index (κ2) is 5.19. The molecule has 0 unspecified atom stereocenters. The number of fused-ring (bicyclic) bond motifs is 1. The van der Waals surface area contributed by atoms with E-state index in [-0.39, 0.29) is 36.0 Å². The van der Waals surface area contributed by atoms with Crippen molar-refractivity contribution in [3.63, 3.8) is 0 Å². The summed E-state index contributed by atoms with van der Waals surface area (Å²) >= 11 is 0. The first-order valence-corrected chi connectivity index (χ1v) is 7.16. The average molecular weight is 277 g/mol. The lowest BCUT2D eigenvalue weighted by molar-refractivity contribution is -0.152. The molecule has 5 atom stereocenters. The van der Waals surface area contributed by atoms with Gasteiger partial charge in [-0.15, -0.1) is 0 Å². The third-order valence-electron chi connectivity index (χ3n) is 4.34. The molecule has 1 spiro atoms. The molecule has 0 radical (unpaired) electrons. The summed E-state index contributed by atoms with van der Waals surface area (Å²) in [5, 5.41) is 0. The number of hydrogen-bond acceptors (Lipinski definition) is 4. The normalized spacial score (nSPS) is 41.8. The Morgan fingerprint density at radius 2 is 2.40 bits per heavy atom. The van der Waals surface area contributed by atoms with Crippen LogP contribution in [0.3, 0.4) is 0 Å². The molecule has 5 nitrogen and oxygen atoms in total. The molecule has 1 aliphatic carbocycles. The molecule has 0 saturated carbocycles. The van der Waals surface area contributed by atoms with Crippen LogP contribution in [0.4, 0.5) is 0 Å². The van der Waals surface area contributed by atoms with Crippen molar-refractivity contribution in [1.29, 1.82) is 0 Å². The third kappa shape index (κ3) is 2.34. The Balaban J connectivity index is 1.71. The largest absolute Gasteiger partial charge is 0.456 e. The molecule has 0 aromatic rings. The number of nitrogens with zero attached hydrogens (tertiary/aromatic N) is 1. The zero-order chi connectivity index (χ0) is 14.2. The van der Waals surface area contributed by atoms with E-state index in [1.807, 2.05) is 12.2 Å². The van der Waals surface area contributed by atoms with E-state index < -0.39 is 0 Å². The highest BCUT2D eigenvalue weighted by atomic mass is 16.6. The van der Waals surface area contributed by atoms with Crippen molar-refractivity contribution >= 4 is 5.97 Å². The van der Waals surface area contributed by atoms with E-state index >= 15 is 0 Å². The second-order valence-corrected chi connectivity index (χ2v) is 5.74. The molecule has 2 bridgehead atoms. The maximum Gasteiger partial charge on any atom is 0.303 e. The maximum atomic E-state index is 11.1. The Morgan fingerprint density at radius 3 is 3.15 bits per heavy atom.